The first-order chi connectivity index (χ1) is 6.84. The van der Waals surface area contributed by atoms with E-state index in [4.69, 9.17) is 5.73 Å². The van der Waals surface area contributed by atoms with Crippen molar-refractivity contribution in [2.75, 3.05) is 13.1 Å². The van der Waals surface area contributed by atoms with Crippen LogP contribution in [0.2, 0.25) is 0 Å². The molecular formula is C8H14N6. The molecule has 1 fully saturated rings. The number of nitrogens with two attached hydrogens (primary N) is 1. The second-order valence-corrected chi connectivity index (χ2v) is 3.38. The number of nitrogens with zero attached hydrogens (tertiary/aromatic N) is 3. The van der Waals surface area contributed by atoms with Gasteiger partial charge in [-0.1, -0.05) is 0 Å². The van der Waals surface area contributed by atoms with E-state index >= 15 is 0 Å². The molecule has 14 heavy (non-hydrogen) atoms. The molecule has 0 bridgehead atoms. The lowest BCUT2D eigenvalue weighted by atomic mass is 10.2. The highest BCUT2D eigenvalue weighted by Crippen LogP contribution is 2.02. The molecule has 6 nitrogen and oxygen atoms in total. The smallest absolute Gasteiger partial charge is 0.137 e. The molecule has 1 aliphatic heterocycles. The summed E-state index contributed by atoms with van der Waals surface area (Å²) in [7, 11) is 0. The first-order valence-corrected chi connectivity index (χ1v) is 4.71. The molecule has 0 aromatic carbocycles. The van der Waals surface area contributed by atoms with E-state index in [1.807, 2.05) is 0 Å². The molecule has 1 saturated heterocycles. The summed E-state index contributed by atoms with van der Waals surface area (Å²) in [5, 5.41) is 9.74. The van der Waals surface area contributed by atoms with E-state index in [1.54, 1.807) is 0 Å². The van der Waals surface area contributed by atoms with Gasteiger partial charge in [0.25, 0.3) is 0 Å². The fourth-order valence-corrected chi connectivity index (χ4v) is 1.52. The van der Waals surface area contributed by atoms with Gasteiger partial charge in [-0.2, -0.15) is 5.10 Å². The van der Waals surface area contributed by atoms with Gasteiger partial charge in [0, 0.05) is 6.54 Å². The summed E-state index contributed by atoms with van der Waals surface area (Å²) in [6.45, 7) is 1.96. The van der Waals surface area contributed by atoms with E-state index in [-0.39, 0.29) is 0 Å². The van der Waals surface area contributed by atoms with Gasteiger partial charge < -0.3 is 11.1 Å². The maximum atomic E-state index is 5.78. The number of H-pyrrole nitrogens is 1. The number of hydrogen-bond acceptors (Lipinski definition) is 4. The minimum atomic E-state index is 0.331. The third-order valence-electron chi connectivity index (χ3n) is 2.20. The maximum absolute atomic E-state index is 5.78. The third-order valence-corrected chi connectivity index (χ3v) is 2.20. The molecule has 2 rings (SSSR count). The molecule has 0 saturated carbocycles. The predicted molar refractivity (Wildman–Crippen MR) is 53.0 cm³/mol. The molecule has 0 spiro atoms. The number of aromatic amines is 1. The van der Waals surface area contributed by atoms with Crippen molar-refractivity contribution < 1.29 is 0 Å². The molecule has 0 amide bonds. The Morgan fingerprint density at radius 3 is 3.29 bits per heavy atom. The van der Waals surface area contributed by atoms with E-state index in [9.17, 15) is 0 Å². The Morgan fingerprint density at radius 2 is 2.64 bits per heavy atom. The van der Waals surface area contributed by atoms with Crippen molar-refractivity contribution in [3.05, 3.63) is 12.2 Å². The Morgan fingerprint density at radius 1 is 1.71 bits per heavy atom. The van der Waals surface area contributed by atoms with Crippen LogP contribution in [0.3, 0.4) is 0 Å². The van der Waals surface area contributed by atoms with Gasteiger partial charge in [0.05, 0.1) is 12.5 Å². The summed E-state index contributed by atoms with van der Waals surface area (Å²) >= 11 is 0. The van der Waals surface area contributed by atoms with E-state index in [1.165, 1.54) is 6.33 Å². The molecule has 0 aliphatic carbocycles. The summed E-state index contributed by atoms with van der Waals surface area (Å²) in [4.78, 5) is 8.38. The zero-order chi connectivity index (χ0) is 9.80. The molecule has 2 heterocycles. The van der Waals surface area contributed by atoms with Crippen LogP contribution < -0.4 is 11.1 Å². The number of aromatic nitrogens is 3. The van der Waals surface area contributed by atoms with E-state index in [2.05, 4.69) is 25.5 Å². The number of rotatable bonds is 3. The van der Waals surface area contributed by atoms with Crippen LogP contribution in [0.15, 0.2) is 11.3 Å². The first-order valence-electron chi connectivity index (χ1n) is 4.71. The minimum absolute atomic E-state index is 0.331. The highest BCUT2D eigenvalue weighted by atomic mass is 15.2. The van der Waals surface area contributed by atoms with Gasteiger partial charge in [-0.3, -0.25) is 10.1 Å². The lowest BCUT2D eigenvalue weighted by molar-refractivity contribution is 0.739. The Labute approximate surface area is 82.0 Å². The van der Waals surface area contributed by atoms with Gasteiger partial charge in [-0.15, -0.1) is 0 Å². The minimum Gasteiger partial charge on any atom is -0.387 e. The first kappa shape index (κ1) is 9.14. The second-order valence-electron chi connectivity index (χ2n) is 3.38. The fraction of sp³-hybridized carbons (Fsp3) is 0.625. The van der Waals surface area contributed by atoms with Gasteiger partial charge in [0.1, 0.15) is 18.0 Å². The molecule has 6 heteroatoms. The summed E-state index contributed by atoms with van der Waals surface area (Å²) in [5.74, 6) is 1.38. The zero-order valence-electron chi connectivity index (χ0n) is 7.90. The number of amidine groups is 1. The number of nitrogens with one attached hydrogen (secondary N) is 2. The van der Waals surface area contributed by atoms with Gasteiger partial charge in [-0.05, 0) is 13.0 Å². The maximum Gasteiger partial charge on any atom is 0.137 e. The number of hydrogen-bond donors (Lipinski definition) is 3. The van der Waals surface area contributed by atoms with Crippen LogP contribution in [-0.4, -0.2) is 40.1 Å². The van der Waals surface area contributed by atoms with Crippen molar-refractivity contribution in [1.82, 2.24) is 20.5 Å². The largest absolute Gasteiger partial charge is 0.387 e. The highest BCUT2D eigenvalue weighted by Gasteiger charge is 2.13. The topological polar surface area (TPSA) is 92.0 Å². The van der Waals surface area contributed by atoms with Crippen LogP contribution in [0.4, 0.5) is 0 Å². The summed E-state index contributed by atoms with van der Waals surface area (Å²) < 4.78 is 0. The van der Waals surface area contributed by atoms with E-state index in [0.29, 0.717) is 18.3 Å². The summed E-state index contributed by atoms with van der Waals surface area (Å²) in [6.07, 6.45) is 3.09. The average molecular weight is 194 g/mol. The van der Waals surface area contributed by atoms with Crippen molar-refractivity contribution in [1.29, 1.82) is 0 Å². The Hall–Kier alpha value is -1.43. The molecule has 1 aromatic rings. The fourth-order valence-electron chi connectivity index (χ4n) is 1.52. The summed E-state index contributed by atoms with van der Waals surface area (Å²) in [5.41, 5.74) is 5.78. The molecule has 1 atom stereocenters. The number of aliphatic imine (C=N–C) groups is 1. The summed E-state index contributed by atoms with van der Waals surface area (Å²) in [6, 6.07) is 0.331. The standard InChI is InChI=1S/C8H14N6/c9-7(3-8-11-5-12-14-8)13-6-1-2-10-4-6/h5-6,10H,1-4H2,(H2,9,13)(H,11,12,14). The zero-order valence-corrected chi connectivity index (χ0v) is 7.90. The van der Waals surface area contributed by atoms with Crippen LogP contribution >= 0.6 is 0 Å². The quantitative estimate of drug-likeness (QED) is 0.428. The van der Waals surface area contributed by atoms with Crippen molar-refractivity contribution in [3.63, 3.8) is 0 Å². The molecule has 1 aliphatic rings. The monoisotopic (exact) mass is 194 g/mol. The molecule has 4 N–H and O–H groups in total. The Balaban J connectivity index is 1.91. The van der Waals surface area contributed by atoms with Gasteiger partial charge in [0.2, 0.25) is 0 Å². The van der Waals surface area contributed by atoms with Gasteiger partial charge >= 0.3 is 0 Å². The van der Waals surface area contributed by atoms with E-state index < -0.39 is 0 Å². The lowest BCUT2D eigenvalue weighted by Gasteiger charge is -2.03. The van der Waals surface area contributed by atoms with Crippen LogP contribution in [0, 0.1) is 0 Å². The van der Waals surface area contributed by atoms with Crippen molar-refractivity contribution in [3.8, 4) is 0 Å². The van der Waals surface area contributed by atoms with Crippen LogP contribution in [-0.2, 0) is 6.42 Å². The molecular weight excluding hydrogens is 180 g/mol. The normalized spacial score (nSPS) is 22.9. The molecule has 1 aromatic heterocycles. The Kier molecular flexibility index (Phi) is 2.73. The predicted octanol–water partition coefficient (Wildman–Crippen LogP) is -0.934. The average Bonchev–Trinajstić information content (AvgIpc) is 2.76. The van der Waals surface area contributed by atoms with Gasteiger partial charge in [-0.25, -0.2) is 4.98 Å². The van der Waals surface area contributed by atoms with Crippen molar-refractivity contribution in [2.45, 2.75) is 18.9 Å². The second kappa shape index (κ2) is 4.19. The highest BCUT2D eigenvalue weighted by molar-refractivity contribution is 5.82. The van der Waals surface area contributed by atoms with Crippen molar-refractivity contribution >= 4 is 5.84 Å². The van der Waals surface area contributed by atoms with Crippen LogP contribution in [0.25, 0.3) is 0 Å². The van der Waals surface area contributed by atoms with Crippen molar-refractivity contribution in [2.24, 2.45) is 10.7 Å². The molecule has 0 radical (unpaired) electrons. The van der Waals surface area contributed by atoms with Gasteiger partial charge in [0.15, 0.2) is 0 Å². The van der Waals surface area contributed by atoms with Crippen LogP contribution in [0.5, 0.6) is 0 Å². The lowest BCUT2D eigenvalue weighted by Crippen LogP contribution is -2.21. The van der Waals surface area contributed by atoms with Crippen LogP contribution in [0.1, 0.15) is 12.2 Å². The van der Waals surface area contributed by atoms with E-state index in [0.717, 1.165) is 25.3 Å². The Bertz CT molecular complexity index is 298. The third kappa shape index (κ3) is 2.29. The SMILES string of the molecule is NC(Cc1ncn[nH]1)=NC1CCNC1. The molecule has 76 valence electrons. The molecule has 1 unspecified atom stereocenters.